The van der Waals surface area contributed by atoms with E-state index in [2.05, 4.69) is 22.6 Å². The number of halogens is 2. The standard InChI is InChI=1S/C17H17ClINO/c1-11-6-4-9-15(16(11)19)17(21)20(3)12(2)13-7-5-8-14(18)10-13/h4-10,12H,1-3H3. The second-order valence-corrected chi connectivity index (χ2v) is 6.60. The third-order valence-electron chi connectivity index (χ3n) is 3.65. The average Bonchev–Trinajstić information content (AvgIpc) is 2.48. The van der Waals surface area contributed by atoms with Crippen LogP contribution in [0.25, 0.3) is 0 Å². The van der Waals surface area contributed by atoms with Gasteiger partial charge in [0, 0.05) is 15.6 Å². The molecule has 2 rings (SSSR count). The van der Waals surface area contributed by atoms with E-state index in [-0.39, 0.29) is 11.9 Å². The largest absolute Gasteiger partial charge is 0.335 e. The van der Waals surface area contributed by atoms with Crippen molar-refractivity contribution in [3.05, 3.63) is 67.7 Å². The molecule has 0 heterocycles. The molecule has 4 heteroatoms. The summed E-state index contributed by atoms with van der Waals surface area (Å²) in [4.78, 5) is 14.5. The molecule has 0 aromatic heterocycles. The van der Waals surface area contributed by atoms with Gasteiger partial charge in [0.15, 0.2) is 0 Å². The minimum atomic E-state index is -0.0347. The van der Waals surface area contributed by atoms with Crippen LogP contribution in [0.1, 0.15) is 34.5 Å². The summed E-state index contributed by atoms with van der Waals surface area (Å²) >= 11 is 8.26. The Morgan fingerprint density at radius 2 is 1.90 bits per heavy atom. The average molecular weight is 414 g/mol. The maximum atomic E-state index is 12.7. The highest BCUT2D eigenvalue weighted by Crippen LogP contribution is 2.25. The van der Waals surface area contributed by atoms with Crippen molar-refractivity contribution < 1.29 is 4.79 Å². The second-order valence-electron chi connectivity index (χ2n) is 5.08. The molecule has 0 aliphatic heterocycles. The van der Waals surface area contributed by atoms with Gasteiger partial charge in [-0.05, 0) is 65.8 Å². The molecule has 0 N–H and O–H groups in total. The number of hydrogen-bond donors (Lipinski definition) is 0. The predicted molar refractivity (Wildman–Crippen MR) is 95.9 cm³/mol. The van der Waals surface area contributed by atoms with E-state index in [4.69, 9.17) is 11.6 Å². The van der Waals surface area contributed by atoms with Crippen molar-refractivity contribution in [3.8, 4) is 0 Å². The summed E-state index contributed by atoms with van der Waals surface area (Å²) in [5.41, 5.74) is 2.89. The van der Waals surface area contributed by atoms with Crippen molar-refractivity contribution in [2.45, 2.75) is 19.9 Å². The minimum absolute atomic E-state index is 0.0237. The molecule has 0 bridgehead atoms. The summed E-state index contributed by atoms with van der Waals surface area (Å²) in [6.07, 6.45) is 0. The van der Waals surface area contributed by atoms with Crippen LogP contribution < -0.4 is 0 Å². The summed E-state index contributed by atoms with van der Waals surface area (Å²) in [6.45, 7) is 4.02. The molecule has 0 spiro atoms. The first-order valence-electron chi connectivity index (χ1n) is 6.69. The third kappa shape index (κ3) is 3.58. The van der Waals surface area contributed by atoms with E-state index in [0.29, 0.717) is 5.02 Å². The van der Waals surface area contributed by atoms with Crippen LogP contribution in [0, 0.1) is 10.5 Å². The van der Waals surface area contributed by atoms with Gasteiger partial charge in [0.1, 0.15) is 0 Å². The van der Waals surface area contributed by atoms with Gasteiger partial charge < -0.3 is 4.90 Å². The molecule has 21 heavy (non-hydrogen) atoms. The number of carbonyl (C=O) groups is 1. The molecule has 110 valence electrons. The quantitative estimate of drug-likeness (QED) is 0.642. The number of hydrogen-bond acceptors (Lipinski definition) is 1. The Kier molecular flexibility index (Phi) is 5.27. The van der Waals surface area contributed by atoms with Crippen molar-refractivity contribution in [2.24, 2.45) is 0 Å². The predicted octanol–water partition coefficient (Wildman–Crippen LogP) is 5.09. The van der Waals surface area contributed by atoms with Crippen molar-refractivity contribution in [1.82, 2.24) is 4.90 Å². The summed E-state index contributed by atoms with van der Waals surface area (Å²) in [6, 6.07) is 13.4. The molecule has 2 nitrogen and oxygen atoms in total. The van der Waals surface area contributed by atoms with Crippen LogP contribution in [0.15, 0.2) is 42.5 Å². The Balaban J connectivity index is 2.29. The van der Waals surface area contributed by atoms with Gasteiger partial charge in [-0.15, -0.1) is 0 Å². The number of rotatable bonds is 3. The van der Waals surface area contributed by atoms with E-state index < -0.39 is 0 Å². The summed E-state index contributed by atoms with van der Waals surface area (Å²) < 4.78 is 1.00. The number of nitrogens with zero attached hydrogens (tertiary/aromatic N) is 1. The highest BCUT2D eigenvalue weighted by Gasteiger charge is 2.21. The lowest BCUT2D eigenvalue weighted by Gasteiger charge is -2.26. The molecule has 0 saturated heterocycles. The zero-order valence-electron chi connectivity index (χ0n) is 12.2. The third-order valence-corrected chi connectivity index (χ3v) is 5.32. The van der Waals surface area contributed by atoms with Gasteiger partial charge in [-0.1, -0.05) is 35.9 Å². The maximum Gasteiger partial charge on any atom is 0.255 e. The molecule has 0 saturated carbocycles. The molecular weight excluding hydrogens is 397 g/mol. The lowest BCUT2D eigenvalue weighted by molar-refractivity contribution is 0.0741. The Labute approximate surface area is 144 Å². The van der Waals surface area contributed by atoms with Crippen LogP contribution >= 0.6 is 34.2 Å². The maximum absolute atomic E-state index is 12.7. The van der Waals surface area contributed by atoms with Crippen LogP contribution in [0.4, 0.5) is 0 Å². The van der Waals surface area contributed by atoms with Crippen LogP contribution in [-0.4, -0.2) is 17.9 Å². The van der Waals surface area contributed by atoms with Gasteiger partial charge in [0.2, 0.25) is 0 Å². The Morgan fingerprint density at radius 3 is 2.57 bits per heavy atom. The van der Waals surface area contributed by atoms with E-state index >= 15 is 0 Å². The zero-order chi connectivity index (χ0) is 15.6. The van der Waals surface area contributed by atoms with Crippen LogP contribution in [0.5, 0.6) is 0 Å². The van der Waals surface area contributed by atoms with Gasteiger partial charge >= 0.3 is 0 Å². The minimum Gasteiger partial charge on any atom is -0.335 e. The smallest absolute Gasteiger partial charge is 0.255 e. The van der Waals surface area contributed by atoms with Crippen LogP contribution in [-0.2, 0) is 0 Å². The highest BCUT2D eigenvalue weighted by atomic mass is 127. The molecule has 2 aromatic rings. The van der Waals surface area contributed by atoms with E-state index in [1.54, 1.807) is 4.90 Å². The first-order valence-corrected chi connectivity index (χ1v) is 8.15. The van der Waals surface area contributed by atoms with Gasteiger partial charge in [0.05, 0.1) is 11.6 Å². The van der Waals surface area contributed by atoms with Gasteiger partial charge in [-0.3, -0.25) is 4.79 Å². The van der Waals surface area contributed by atoms with Crippen LogP contribution in [0.3, 0.4) is 0 Å². The molecule has 2 aromatic carbocycles. The van der Waals surface area contributed by atoms with Crippen LogP contribution in [0.2, 0.25) is 5.02 Å². The molecule has 1 amide bonds. The molecule has 1 unspecified atom stereocenters. The monoisotopic (exact) mass is 413 g/mol. The fourth-order valence-electron chi connectivity index (χ4n) is 2.17. The lowest BCUT2D eigenvalue weighted by atomic mass is 10.1. The van der Waals surface area contributed by atoms with Gasteiger partial charge in [-0.25, -0.2) is 0 Å². The number of aryl methyl sites for hydroxylation is 1. The second kappa shape index (κ2) is 6.79. The fraction of sp³-hybridized carbons (Fsp3) is 0.235. The van der Waals surface area contributed by atoms with Crippen molar-refractivity contribution >= 4 is 40.1 Å². The first kappa shape index (κ1) is 16.3. The summed E-state index contributed by atoms with van der Waals surface area (Å²) in [5, 5.41) is 0.685. The number of amides is 1. The lowest BCUT2D eigenvalue weighted by Crippen LogP contribution is -2.30. The fourth-order valence-corrected chi connectivity index (χ4v) is 2.96. The summed E-state index contributed by atoms with van der Waals surface area (Å²) in [5.74, 6) is 0.0237. The molecule has 1 atom stereocenters. The molecule has 0 aliphatic rings. The molecule has 0 radical (unpaired) electrons. The van der Waals surface area contributed by atoms with Gasteiger partial charge in [0.25, 0.3) is 5.91 Å². The van der Waals surface area contributed by atoms with Crippen molar-refractivity contribution in [1.29, 1.82) is 0 Å². The molecule has 0 fully saturated rings. The Morgan fingerprint density at radius 1 is 1.24 bits per heavy atom. The van der Waals surface area contributed by atoms with Gasteiger partial charge in [-0.2, -0.15) is 0 Å². The molecular formula is C17H17ClINO. The zero-order valence-corrected chi connectivity index (χ0v) is 15.1. The van der Waals surface area contributed by atoms with E-state index in [1.165, 1.54) is 0 Å². The first-order chi connectivity index (χ1) is 9.91. The topological polar surface area (TPSA) is 20.3 Å². The van der Waals surface area contributed by atoms with Crippen molar-refractivity contribution in [2.75, 3.05) is 7.05 Å². The molecule has 0 aliphatic carbocycles. The number of carbonyl (C=O) groups excluding carboxylic acids is 1. The summed E-state index contributed by atoms with van der Waals surface area (Å²) in [7, 11) is 1.83. The van der Waals surface area contributed by atoms with Crippen molar-refractivity contribution in [3.63, 3.8) is 0 Å². The van der Waals surface area contributed by atoms with E-state index in [9.17, 15) is 4.79 Å². The van der Waals surface area contributed by atoms with E-state index in [1.807, 2.05) is 63.4 Å². The number of benzene rings is 2. The van der Waals surface area contributed by atoms with E-state index in [0.717, 1.165) is 20.3 Å². The highest BCUT2D eigenvalue weighted by molar-refractivity contribution is 14.1. The Bertz CT molecular complexity index is 672. The SMILES string of the molecule is Cc1cccc(C(=O)N(C)C(C)c2cccc(Cl)c2)c1I. The Hall–Kier alpha value is -1.07. The normalized spacial score (nSPS) is 12.0.